The van der Waals surface area contributed by atoms with Crippen molar-refractivity contribution in [2.75, 3.05) is 18.5 Å². The van der Waals surface area contributed by atoms with Crippen LogP contribution in [0.4, 0.5) is 5.69 Å². The number of benzene rings is 1. The molecule has 0 fully saturated rings. The highest BCUT2D eigenvalue weighted by Crippen LogP contribution is 2.27. The van der Waals surface area contributed by atoms with Gasteiger partial charge in [-0.1, -0.05) is 23.4 Å². The van der Waals surface area contributed by atoms with Crippen LogP contribution in [0.5, 0.6) is 0 Å². The lowest BCUT2D eigenvalue weighted by molar-refractivity contribution is 0.177. The summed E-state index contributed by atoms with van der Waals surface area (Å²) in [6.07, 6.45) is 3.75. The van der Waals surface area contributed by atoms with E-state index in [0.29, 0.717) is 6.04 Å². The molecule has 6 heteroatoms. The van der Waals surface area contributed by atoms with E-state index >= 15 is 0 Å². The summed E-state index contributed by atoms with van der Waals surface area (Å²) >= 11 is 0. The van der Waals surface area contributed by atoms with Gasteiger partial charge in [0.1, 0.15) is 5.69 Å². The van der Waals surface area contributed by atoms with E-state index in [4.69, 9.17) is 4.52 Å². The lowest BCUT2D eigenvalue weighted by Crippen LogP contribution is -2.37. The minimum atomic E-state index is 0.421. The Kier molecular flexibility index (Phi) is 4.05. The van der Waals surface area contributed by atoms with E-state index in [1.807, 2.05) is 19.3 Å². The van der Waals surface area contributed by atoms with E-state index in [-0.39, 0.29) is 0 Å². The maximum Gasteiger partial charge on any atom is 0.151 e. The highest BCUT2D eigenvalue weighted by Gasteiger charge is 2.24. The molecule has 0 N–H and O–H groups in total. The number of aromatic nitrogens is 3. The number of fused-ring (bicyclic) bond motifs is 1. The summed E-state index contributed by atoms with van der Waals surface area (Å²) in [4.78, 5) is 4.78. The molecule has 0 saturated heterocycles. The molecule has 1 unspecified atom stereocenters. The Morgan fingerprint density at radius 3 is 2.88 bits per heavy atom. The fourth-order valence-electron chi connectivity index (χ4n) is 3.49. The topological polar surface area (TPSA) is 50.3 Å². The SMILES string of the molecule is CC1CN(C)c2ccccc2CN1Cc1cc(-c2cnn(C)c2)no1. The van der Waals surface area contributed by atoms with Gasteiger partial charge in [0.15, 0.2) is 5.76 Å². The van der Waals surface area contributed by atoms with Crippen molar-refractivity contribution in [1.82, 2.24) is 19.8 Å². The zero-order chi connectivity index (χ0) is 17.4. The first-order valence-electron chi connectivity index (χ1n) is 8.58. The van der Waals surface area contributed by atoms with E-state index in [0.717, 1.165) is 36.7 Å². The molecule has 3 heterocycles. The van der Waals surface area contributed by atoms with Gasteiger partial charge in [0, 0.05) is 56.7 Å². The predicted octanol–water partition coefficient (Wildman–Crippen LogP) is 2.92. The Hall–Kier alpha value is -2.60. The molecule has 4 rings (SSSR count). The highest BCUT2D eigenvalue weighted by atomic mass is 16.5. The number of aryl methyl sites for hydroxylation is 1. The molecular weight excluding hydrogens is 314 g/mol. The summed E-state index contributed by atoms with van der Waals surface area (Å²) < 4.78 is 7.36. The molecule has 1 aliphatic heterocycles. The summed E-state index contributed by atoms with van der Waals surface area (Å²) in [6, 6.07) is 11.1. The first kappa shape index (κ1) is 15.9. The molecule has 1 aromatic carbocycles. The van der Waals surface area contributed by atoms with E-state index in [2.05, 4.69) is 58.3 Å². The number of hydrogen-bond donors (Lipinski definition) is 0. The van der Waals surface area contributed by atoms with Crippen LogP contribution < -0.4 is 4.90 Å². The molecule has 0 bridgehead atoms. The van der Waals surface area contributed by atoms with Crippen LogP contribution >= 0.6 is 0 Å². The Balaban J connectivity index is 1.55. The van der Waals surface area contributed by atoms with Gasteiger partial charge in [0.05, 0.1) is 12.7 Å². The number of para-hydroxylation sites is 1. The van der Waals surface area contributed by atoms with Crippen LogP contribution in [0.2, 0.25) is 0 Å². The molecule has 2 aromatic heterocycles. The number of nitrogens with zero attached hydrogens (tertiary/aromatic N) is 5. The average molecular weight is 337 g/mol. The van der Waals surface area contributed by atoms with Crippen molar-refractivity contribution in [2.24, 2.45) is 7.05 Å². The summed E-state index contributed by atoms with van der Waals surface area (Å²) in [5.74, 6) is 0.882. The van der Waals surface area contributed by atoms with E-state index in [9.17, 15) is 0 Å². The fourth-order valence-corrected chi connectivity index (χ4v) is 3.49. The van der Waals surface area contributed by atoms with Crippen LogP contribution in [-0.4, -0.2) is 39.5 Å². The Morgan fingerprint density at radius 2 is 2.08 bits per heavy atom. The van der Waals surface area contributed by atoms with E-state index in [1.54, 1.807) is 10.9 Å². The molecule has 0 radical (unpaired) electrons. The molecule has 0 saturated carbocycles. The van der Waals surface area contributed by atoms with Crippen LogP contribution in [0.3, 0.4) is 0 Å². The quantitative estimate of drug-likeness (QED) is 0.735. The van der Waals surface area contributed by atoms with Gasteiger partial charge in [0.25, 0.3) is 0 Å². The molecule has 1 atom stereocenters. The zero-order valence-electron chi connectivity index (χ0n) is 14.9. The first-order chi connectivity index (χ1) is 12.1. The molecular formula is C19H23N5O. The lowest BCUT2D eigenvalue weighted by Gasteiger charge is -2.27. The predicted molar refractivity (Wildman–Crippen MR) is 97.1 cm³/mol. The molecule has 0 spiro atoms. The van der Waals surface area contributed by atoms with E-state index < -0.39 is 0 Å². The van der Waals surface area contributed by atoms with Crippen LogP contribution in [0, 0.1) is 0 Å². The van der Waals surface area contributed by atoms with Gasteiger partial charge >= 0.3 is 0 Å². The standard InChI is InChI=1S/C19H23N5O/c1-14-10-22(2)19-7-5-4-6-15(19)12-24(14)13-17-8-18(21-25-17)16-9-20-23(3)11-16/h4-9,11,14H,10,12-13H2,1-3H3. The second-order valence-corrected chi connectivity index (χ2v) is 6.84. The van der Waals surface area contributed by atoms with Crippen molar-refractivity contribution in [3.63, 3.8) is 0 Å². The maximum atomic E-state index is 5.59. The van der Waals surface area contributed by atoms with Crippen LogP contribution in [0.1, 0.15) is 18.2 Å². The number of likely N-dealkylation sites (N-methyl/N-ethyl adjacent to an activating group) is 1. The van der Waals surface area contributed by atoms with E-state index in [1.165, 1.54) is 11.3 Å². The summed E-state index contributed by atoms with van der Waals surface area (Å²) in [6.45, 7) is 4.91. The van der Waals surface area contributed by atoms with Gasteiger partial charge < -0.3 is 9.42 Å². The Bertz CT molecular complexity index is 868. The highest BCUT2D eigenvalue weighted by molar-refractivity contribution is 5.56. The van der Waals surface area contributed by atoms with Gasteiger partial charge in [-0.15, -0.1) is 0 Å². The van der Waals surface area contributed by atoms with Gasteiger partial charge in [0.2, 0.25) is 0 Å². The molecule has 0 aliphatic carbocycles. The lowest BCUT2D eigenvalue weighted by atomic mass is 10.1. The summed E-state index contributed by atoms with van der Waals surface area (Å²) in [5, 5.41) is 8.40. The molecule has 1 aliphatic rings. The van der Waals surface area contributed by atoms with Gasteiger partial charge in [-0.05, 0) is 18.6 Å². The molecule has 25 heavy (non-hydrogen) atoms. The third-order valence-corrected chi connectivity index (χ3v) is 4.86. The van der Waals surface area contributed by atoms with Crippen LogP contribution in [-0.2, 0) is 20.1 Å². The number of hydrogen-bond acceptors (Lipinski definition) is 5. The van der Waals surface area contributed by atoms with Crippen LogP contribution in [0.25, 0.3) is 11.3 Å². The van der Waals surface area contributed by atoms with Crippen LogP contribution in [0.15, 0.2) is 47.2 Å². The molecule has 6 nitrogen and oxygen atoms in total. The fraction of sp³-hybridized carbons (Fsp3) is 0.368. The van der Waals surface area contributed by atoms with Crippen molar-refractivity contribution in [3.8, 4) is 11.3 Å². The smallest absolute Gasteiger partial charge is 0.151 e. The average Bonchev–Trinajstić information content (AvgIpc) is 3.20. The normalized spacial score (nSPS) is 18.2. The van der Waals surface area contributed by atoms with Crippen molar-refractivity contribution >= 4 is 5.69 Å². The molecule has 130 valence electrons. The third kappa shape index (κ3) is 3.17. The van der Waals surface area contributed by atoms with Gasteiger partial charge in [-0.2, -0.15) is 5.10 Å². The van der Waals surface area contributed by atoms with Gasteiger partial charge in [-0.3, -0.25) is 9.58 Å². The second-order valence-electron chi connectivity index (χ2n) is 6.84. The number of rotatable bonds is 3. The summed E-state index contributed by atoms with van der Waals surface area (Å²) in [5.41, 5.74) is 4.47. The van der Waals surface area contributed by atoms with Gasteiger partial charge in [-0.25, -0.2) is 0 Å². The Morgan fingerprint density at radius 1 is 1.24 bits per heavy atom. The monoisotopic (exact) mass is 337 g/mol. The number of anilines is 1. The molecule has 0 amide bonds. The minimum absolute atomic E-state index is 0.421. The first-order valence-corrected chi connectivity index (χ1v) is 8.58. The third-order valence-electron chi connectivity index (χ3n) is 4.86. The maximum absolute atomic E-state index is 5.59. The van der Waals surface area contributed by atoms with Crippen molar-refractivity contribution < 1.29 is 4.52 Å². The van der Waals surface area contributed by atoms with Crippen molar-refractivity contribution in [2.45, 2.75) is 26.1 Å². The zero-order valence-corrected chi connectivity index (χ0v) is 14.9. The second kappa shape index (κ2) is 6.37. The van der Waals surface area contributed by atoms with Crippen molar-refractivity contribution in [3.05, 3.63) is 54.0 Å². The Labute approximate surface area is 147 Å². The minimum Gasteiger partial charge on any atom is -0.373 e. The van der Waals surface area contributed by atoms with Crippen molar-refractivity contribution in [1.29, 1.82) is 0 Å². The summed E-state index contributed by atoms with van der Waals surface area (Å²) in [7, 11) is 4.06. The molecule has 3 aromatic rings. The largest absolute Gasteiger partial charge is 0.373 e.